The lowest BCUT2D eigenvalue weighted by molar-refractivity contribution is 0.0785. The molecule has 24 heavy (non-hydrogen) atoms. The maximum absolute atomic E-state index is 12.7. The predicted molar refractivity (Wildman–Crippen MR) is 102 cm³/mol. The minimum atomic E-state index is 0.0404. The Labute approximate surface area is 145 Å². The lowest BCUT2D eigenvalue weighted by Crippen LogP contribution is -2.26. The summed E-state index contributed by atoms with van der Waals surface area (Å²) in [5.41, 5.74) is 4.34. The van der Waals surface area contributed by atoms with Gasteiger partial charge in [0.05, 0.1) is 0 Å². The lowest BCUT2D eigenvalue weighted by Gasteiger charge is -2.21. The topological polar surface area (TPSA) is 23.6 Å². The van der Waals surface area contributed by atoms with Gasteiger partial charge < -0.3 is 9.80 Å². The summed E-state index contributed by atoms with van der Waals surface area (Å²) >= 11 is 0. The minimum absolute atomic E-state index is 0.0404. The van der Waals surface area contributed by atoms with Gasteiger partial charge in [-0.05, 0) is 34.7 Å². The first-order valence-electron chi connectivity index (χ1n) is 8.31. The largest absolute Gasteiger partial charge is 0.378 e. The van der Waals surface area contributed by atoms with E-state index in [-0.39, 0.29) is 11.3 Å². The van der Waals surface area contributed by atoms with Crippen LogP contribution in [-0.4, -0.2) is 32.0 Å². The Hall–Kier alpha value is -2.29. The van der Waals surface area contributed by atoms with Gasteiger partial charge in [-0.15, -0.1) is 0 Å². The molecule has 0 radical (unpaired) electrons. The van der Waals surface area contributed by atoms with Crippen LogP contribution < -0.4 is 4.90 Å². The molecule has 0 fully saturated rings. The summed E-state index contributed by atoms with van der Waals surface area (Å²) in [7, 11) is 5.80. The molecule has 0 heterocycles. The summed E-state index contributed by atoms with van der Waals surface area (Å²) in [6.45, 7) is 7.22. The van der Waals surface area contributed by atoms with Crippen LogP contribution in [0.1, 0.15) is 42.3 Å². The number of rotatable bonds is 4. The average molecular weight is 324 g/mol. The van der Waals surface area contributed by atoms with Crippen LogP contribution in [-0.2, 0) is 12.0 Å². The molecule has 3 heteroatoms. The quantitative estimate of drug-likeness (QED) is 0.836. The molecular weight excluding hydrogens is 296 g/mol. The van der Waals surface area contributed by atoms with Crippen molar-refractivity contribution in [2.45, 2.75) is 32.7 Å². The number of benzene rings is 2. The zero-order valence-electron chi connectivity index (χ0n) is 15.6. The molecule has 0 saturated carbocycles. The molecular formula is C21H28N2O. The standard InChI is InChI=1S/C21H28N2O/c1-21(2,3)18-12-10-16(11-13-18)15-23(6)20(24)17-8-7-9-19(14-17)22(4)5/h7-14H,15H2,1-6H3. The number of anilines is 1. The van der Waals surface area contributed by atoms with Crippen molar-refractivity contribution >= 4 is 11.6 Å². The molecule has 0 bridgehead atoms. The fraction of sp³-hybridized carbons (Fsp3) is 0.381. The summed E-state index contributed by atoms with van der Waals surface area (Å²) in [4.78, 5) is 16.4. The van der Waals surface area contributed by atoms with Gasteiger partial charge in [0, 0.05) is 38.9 Å². The highest BCUT2D eigenvalue weighted by molar-refractivity contribution is 5.95. The molecule has 0 unspecified atom stereocenters. The molecule has 128 valence electrons. The Morgan fingerprint density at radius 1 is 0.958 bits per heavy atom. The number of amides is 1. The van der Waals surface area contributed by atoms with Crippen molar-refractivity contribution in [3.8, 4) is 0 Å². The van der Waals surface area contributed by atoms with E-state index in [1.807, 2.05) is 50.3 Å². The summed E-state index contributed by atoms with van der Waals surface area (Å²) < 4.78 is 0. The average Bonchev–Trinajstić information content (AvgIpc) is 2.53. The molecule has 0 N–H and O–H groups in total. The van der Waals surface area contributed by atoms with Crippen LogP contribution in [0.15, 0.2) is 48.5 Å². The van der Waals surface area contributed by atoms with E-state index in [0.717, 1.165) is 16.8 Å². The molecule has 3 nitrogen and oxygen atoms in total. The van der Waals surface area contributed by atoms with E-state index in [9.17, 15) is 4.79 Å². The van der Waals surface area contributed by atoms with Gasteiger partial charge in [-0.25, -0.2) is 0 Å². The zero-order valence-corrected chi connectivity index (χ0v) is 15.6. The van der Waals surface area contributed by atoms with E-state index >= 15 is 0 Å². The fourth-order valence-electron chi connectivity index (χ4n) is 2.59. The van der Waals surface area contributed by atoms with E-state index in [4.69, 9.17) is 0 Å². The molecule has 2 aromatic carbocycles. The minimum Gasteiger partial charge on any atom is -0.378 e. The third kappa shape index (κ3) is 4.38. The third-order valence-electron chi connectivity index (χ3n) is 4.20. The smallest absolute Gasteiger partial charge is 0.253 e. The van der Waals surface area contributed by atoms with Gasteiger partial charge in [-0.1, -0.05) is 51.1 Å². The Morgan fingerprint density at radius 2 is 1.58 bits per heavy atom. The molecule has 0 aliphatic heterocycles. The molecule has 0 aliphatic rings. The fourth-order valence-corrected chi connectivity index (χ4v) is 2.59. The SMILES string of the molecule is CN(Cc1ccc(C(C)(C)C)cc1)C(=O)c1cccc(N(C)C)c1. The highest BCUT2D eigenvalue weighted by Crippen LogP contribution is 2.22. The molecule has 0 aliphatic carbocycles. The van der Waals surface area contributed by atoms with Crippen LogP contribution in [0.25, 0.3) is 0 Å². The van der Waals surface area contributed by atoms with Crippen molar-refractivity contribution < 1.29 is 4.79 Å². The Bertz CT molecular complexity index is 697. The van der Waals surface area contributed by atoms with Gasteiger partial charge in [0.15, 0.2) is 0 Å². The van der Waals surface area contributed by atoms with Crippen molar-refractivity contribution in [1.82, 2.24) is 4.90 Å². The zero-order chi connectivity index (χ0) is 17.9. The first-order valence-corrected chi connectivity index (χ1v) is 8.31. The van der Waals surface area contributed by atoms with E-state index in [2.05, 4.69) is 45.0 Å². The van der Waals surface area contributed by atoms with Crippen LogP contribution in [0.2, 0.25) is 0 Å². The summed E-state index contributed by atoms with van der Waals surface area (Å²) in [5, 5.41) is 0. The van der Waals surface area contributed by atoms with Crippen molar-refractivity contribution in [2.24, 2.45) is 0 Å². The monoisotopic (exact) mass is 324 g/mol. The van der Waals surface area contributed by atoms with Gasteiger partial charge in [-0.2, -0.15) is 0 Å². The molecule has 2 aromatic rings. The van der Waals surface area contributed by atoms with Gasteiger partial charge in [-0.3, -0.25) is 4.79 Å². The second-order valence-electron chi connectivity index (χ2n) is 7.55. The second-order valence-corrected chi connectivity index (χ2v) is 7.55. The lowest BCUT2D eigenvalue weighted by atomic mass is 9.87. The molecule has 0 aromatic heterocycles. The molecule has 1 amide bonds. The van der Waals surface area contributed by atoms with Gasteiger partial charge in [0.2, 0.25) is 0 Å². The van der Waals surface area contributed by atoms with Crippen molar-refractivity contribution in [2.75, 3.05) is 26.0 Å². The van der Waals surface area contributed by atoms with E-state index in [1.54, 1.807) is 4.90 Å². The van der Waals surface area contributed by atoms with E-state index in [1.165, 1.54) is 5.56 Å². The first kappa shape index (κ1) is 18.1. The van der Waals surface area contributed by atoms with Crippen LogP contribution >= 0.6 is 0 Å². The molecule has 0 saturated heterocycles. The first-order chi connectivity index (χ1) is 11.2. The number of carbonyl (C=O) groups excluding carboxylic acids is 1. The Kier molecular flexibility index (Phi) is 5.33. The van der Waals surface area contributed by atoms with Crippen LogP contribution in [0.4, 0.5) is 5.69 Å². The Balaban J connectivity index is 2.10. The number of nitrogens with zero attached hydrogens (tertiary/aromatic N) is 2. The highest BCUT2D eigenvalue weighted by Gasteiger charge is 2.15. The Morgan fingerprint density at radius 3 is 2.12 bits per heavy atom. The van der Waals surface area contributed by atoms with E-state index < -0.39 is 0 Å². The maximum atomic E-state index is 12.7. The van der Waals surface area contributed by atoms with E-state index in [0.29, 0.717) is 6.54 Å². The number of carbonyl (C=O) groups is 1. The van der Waals surface area contributed by atoms with Crippen molar-refractivity contribution in [1.29, 1.82) is 0 Å². The normalized spacial score (nSPS) is 11.2. The van der Waals surface area contributed by atoms with Crippen molar-refractivity contribution in [3.05, 3.63) is 65.2 Å². The summed E-state index contributed by atoms with van der Waals surface area (Å²) in [6.07, 6.45) is 0. The maximum Gasteiger partial charge on any atom is 0.253 e. The predicted octanol–water partition coefficient (Wildman–Crippen LogP) is 4.32. The third-order valence-corrected chi connectivity index (χ3v) is 4.20. The summed E-state index contributed by atoms with van der Waals surface area (Å²) in [5.74, 6) is 0.0404. The van der Waals surface area contributed by atoms with Crippen LogP contribution in [0.5, 0.6) is 0 Å². The highest BCUT2D eigenvalue weighted by atomic mass is 16.2. The van der Waals surface area contributed by atoms with Gasteiger partial charge >= 0.3 is 0 Å². The molecule has 0 atom stereocenters. The molecule has 0 spiro atoms. The van der Waals surface area contributed by atoms with Crippen LogP contribution in [0, 0.1) is 0 Å². The number of hydrogen-bond donors (Lipinski definition) is 0. The number of hydrogen-bond acceptors (Lipinski definition) is 2. The second kappa shape index (κ2) is 7.08. The summed E-state index contributed by atoms with van der Waals surface area (Å²) in [6, 6.07) is 16.3. The molecule has 2 rings (SSSR count). The van der Waals surface area contributed by atoms with Crippen molar-refractivity contribution in [3.63, 3.8) is 0 Å². The van der Waals surface area contributed by atoms with Crippen LogP contribution in [0.3, 0.4) is 0 Å². The van der Waals surface area contributed by atoms with Gasteiger partial charge in [0.1, 0.15) is 0 Å². The van der Waals surface area contributed by atoms with Gasteiger partial charge in [0.25, 0.3) is 5.91 Å².